The zero-order valence-electron chi connectivity index (χ0n) is 14.8. The summed E-state index contributed by atoms with van der Waals surface area (Å²) in [6, 6.07) is 0. The molecule has 26 heavy (non-hydrogen) atoms. The molecule has 3 rings (SSSR count). The first kappa shape index (κ1) is 18.6. The molecule has 0 N–H and O–H groups in total. The smallest absolute Gasteiger partial charge is 0.342 e. The summed E-state index contributed by atoms with van der Waals surface area (Å²) in [5, 5.41) is 0. The topological polar surface area (TPSA) is 96.3 Å². The van der Waals surface area contributed by atoms with E-state index in [1.54, 1.807) is 29.0 Å². The van der Waals surface area contributed by atoms with Crippen LogP contribution in [0, 0.1) is 0 Å². The molecule has 0 spiro atoms. The molecule has 0 unspecified atom stereocenters. The number of nitrogens with zero attached hydrogens (tertiary/aromatic N) is 3. The molecule has 0 aromatic rings. The van der Waals surface area contributed by atoms with Gasteiger partial charge < -0.3 is 14.5 Å². The number of hydrogen-bond donors (Lipinski definition) is 0. The van der Waals surface area contributed by atoms with Crippen molar-refractivity contribution in [2.24, 2.45) is 4.40 Å². The summed E-state index contributed by atoms with van der Waals surface area (Å²) in [5.74, 6) is -1.01. The summed E-state index contributed by atoms with van der Waals surface area (Å²) >= 11 is 0. The van der Waals surface area contributed by atoms with Crippen LogP contribution in [0.1, 0.15) is 32.6 Å². The third-order valence-electron chi connectivity index (χ3n) is 4.63. The van der Waals surface area contributed by atoms with Crippen molar-refractivity contribution in [1.29, 1.82) is 0 Å². The van der Waals surface area contributed by atoms with Crippen LogP contribution in [0.15, 0.2) is 28.3 Å². The number of carbonyl (C=O) groups is 2. The van der Waals surface area contributed by atoms with Gasteiger partial charge in [0.25, 0.3) is 15.9 Å². The van der Waals surface area contributed by atoms with Gasteiger partial charge in [0, 0.05) is 25.8 Å². The number of allylic oxidation sites excluding steroid dienone is 2. The van der Waals surface area contributed by atoms with E-state index in [9.17, 15) is 18.0 Å². The monoisotopic (exact) mass is 381 g/mol. The molecule has 0 bridgehead atoms. The number of rotatable bonds is 3. The predicted octanol–water partition coefficient (Wildman–Crippen LogP) is 0.818. The fourth-order valence-electron chi connectivity index (χ4n) is 3.20. The van der Waals surface area contributed by atoms with Gasteiger partial charge in [0.1, 0.15) is 5.57 Å². The van der Waals surface area contributed by atoms with Gasteiger partial charge in [-0.2, -0.15) is 0 Å². The maximum Gasteiger partial charge on any atom is 0.342 e. The first-order valence-corrected chi connectivity index (χ1v) is 10.5. The molecular weight excluding hydrogens is 358 g/mol. The minimum absolute atomic E-state index is 0.0475. The highest BCUT2D eigenvalue weighted by molar-refractivity contribution is 7.90. The Morgan fingerprint density at radius 3 is 2.54 bits per heavy atom. The van der Waals surface area contributed by atoms with Gasteiger partial charge in [0.15, 0.2) is 11.9 Å². The summed E-state index contributed by atoms with van der Waals surface area (Å²) in [5.41, 5.74) is 0.0475. The van der Waals surface area contributed by atoms with Crippen molar-refractivity contribution in [1.82, 2.24) is 9.80 Å². The predicted molar refractivity (Wildman–Crippen MR) is 95.8 cm³/mol. The zero-order chi connectivity index (χ0) is 18.7. The number of likely N-dealkylation sites (tertiary alicyclic amines) is 1. The Labute approximate surface area is 153 Å². The summed E-state index contributed by atoms with van der Waals surface area (Å²) in [6.45, 7) is 3.11. The van der Waals surface area contributed by atoms with Crippen molar-refractivity contribution in [2.75, 3.05) is 25.4 Å². The highest BCUT2D eigenvalue weighted by atomic mass is 32.2. The molecule has 8 nitrogen and oxygen atoms in total. The summed E-state index contributed by atoms with van der Waals surface area (Å²) in [6.07, 6.45) is 7.93. The lowest BCUT2D eigenvalue weighted by atomic mass is 10.1. The van der Waals surface area contributed by atoms with E-state index < -0.39 is 22.1 Å². The minimum Gasteiger partial charge on any atom is -0.449 e. The van der Waals surface area contributed by atoms with Crippen LogP contribution in [0.4, 0.5) is 0 Å². The van der Waals surface area contributed by atoms with Crippen molar-refractivity contribution in [2.45, 2.75) is 38.7 Å². The van der Waals surface area contributed by atoms with E-state index in [2.05, 4.69) is 4.40 Å². The van der Waals surface area contributed by atoms with Gasteiger partial charge in [-0.1, -0.05) is 12.8 Å². The minimum atomic E-state index is -3.60. The lowest BCUT2D eigenvalue weighted by Gasteiger charge is -2.29. The molecule has 0 aromatic carbocycles. The fraction of sp³-hybridized carbons (Fsp3) is 0.588. The lowest BCUT2D eigenvalue weighted by Crippen LogP contribution is -2.43. The van der Waals surface area contributed by atoms with Crippen LogP contribution in [0.3, 0.4) is 0 Å². The molecule has 1 atom stereocenters. The number of ether oxygens (including phenoxy) is 1. The zero-order valence-corrected chi connectivity index (χ0v) is 15.6. The van der Waals surface area contributed by atoms with Gasteiger partial charge in [-0.3, -0.25) is 4.79 Å². The Kier molecular flexibility index (Phi) is 5.45. The van der Waals surface area contributed by atoms with Crippen molar-refractivity contribution in [3.63, 3.8) is 0 Å². The molecule has 0 radical (unpaired) electrons. The van der Waals surface area contributed by atoms with Crippen molar-refractivity contribution in [3.05, 3.63) is 23.9 Å². The van der Waals surface area contributed by atoms with Crippen molar-refractivity contribution in [3.8, 4) is 0 Å². The van der Waals surface area contributed by atoms with Crippen LogP contribution in [0.5, 0.6) is 0 Å². The number of amidine groups is 1. The Morgan fingerprint density at radius 2 is 1.85 bits per heavy atom. The number of hydrogen-bond acceptors (Lipinski definition) is 6. The molecular formula is C17H23N3O5S. The lowest BCUT2D eigenvalue weighted by molar-refractivity contribution is -0.155. The van der Waals surface area contributed by atoms with Gasteiger partial charge >= 0.3 is 5.97 Å². The molecule has 3 heterocycles. The van der Waals surface area contributed by atoms with Crippen LogP contribution in [-0.2, 0) is 24.3 Å². The first-order valence-electron chi connectivity index (χ1n) is 8.85. The van der Waals surface area contributed by atoms with E-state index in [1.165, 1.54) is 6.08 Å². The van der Waals surface area contributed by atoms with E-state index in [-0.39, 0.29) is 29.6 Å². The quantitative estimate of drug-likeness (QED) is 0.672. The molecule has 3 aliphatic rings. The van der Waals surface area contributed by atoms with Crippen molar-refractivity contribution < 1.29 is 22.7 Å². The first-order chi connectivity index (χ1) is 12.4. The standard InChI is InChI=1S/C17H23N3O5S/c1-13(16(21)20-8-4-2-3-5-9-20)25-17(22)14-7-6-10-19-11-12-26(23,24)18-15(14)19/h6-7,10,13H,2-5,8-9,11-12H2,1H3/t13-/m0/s1. The van der Waals surface area contributed by atoms with Crippen LogP contribution in [0.25, 0.3) is 0 Å². The van der Waals surface area contributed by atoms with E-state index in [0.29, 0.717) is 13.1 Å². The Morgan fingerprint density at radius 1 is 1.15 bits per heavy atom. The second kappa shape index (κ2) is 7.61. The molecule has 1 saturated heterocycles. The maximum absolute atomic E-state index is 12.5. The summed E-state index contributed by atoms with van der Waals surface area (Å²) < 4.78 is 32.5. The van der Waals surface area contributed by atoms with E-state index in [1.807, 2.05) is 0 Å². The molecule has 142 valence electrons. The highest BCUT2D eigenvalue weighted by Crippen LogP contribution is 2.20. The summed E-state index contributed by atoms with van der Waals surface area (Å²) in [4.78, 5) is 28.4. The van der Waals surface area contributed by atoms with E-state index in [4.69, 9.17) is 4.74 Å². The normalized spacial score (nSPS) is 23.3. The average molecular weight is 381 g/mol. The average Bonchev–Trinajstić information content (AvgIpc) is 2.89. The molecule has 0 aromatic heterocycles. The molecule has 3 aliphatic heterocycles. The van der Waals surface area contributed by atoms with Crippen LogP contribution < -0.4 is 0 Å². The fourth-order valence-corrected chi connectivity index (χ4v) is 4.18. The molecule has 0 saturated carbocycles. The van der Waals surface area contributed by atoms with Crippen LogP contribution >= 0.6 is 0 Å². The largest absolute Gasteiger partial charge is 0.449 e. The molecule has 1 fully saturated rings. The van der Waals surface area contributed by atoms with Gasteiger partial charge in [0.2, 0.25) is 0 Å². The summed E-state index contributed by atoms with van der Waals surface area (Å²) in [7, 11) is -3.60. The van der Waals surface area contributed by atoms with Crippen molar-refractivity contribution >= 4 is 27.7 Å². The Balaban J connectivity index is 1.70. The molecule has 9 heteroatoms. The SMILES string of the molecule is C[C@H](OC(=O)C1=CC=CN2CCS(=O)(=O)N=C12)C(=O)N1CCCCCC1. The second-order valence-corrected chi connectivity index (χ2v) is 8.36. The number of carbonyl (C=O) groups excluding carboxylic acids is 2. The van der Waals surface area contributed by atoms with Gasteiger partial charge in [0.05, 0.1) is 5.75 Å². The number of fused-ring (bicyclic) bond motifs is 1. The van der Waals surface area contributed by atoms with Gasteiger partial charge in [-0.15, -0.1) is 4.40 Å². The van der Waals surface area contributed by atoms with Crippen LogP contribution in [0.2, 0.25) is 0 Å². The highest BCUT2D eigenvalue weighted by Gasteiger charge is 2.33. The number of esters is 1. The maximum atomic E-state index is 12.5. The third kappa shape index (κ3) is 4.14. The third-order valence-corrected chi connectivity index (χ3v) is 5.78. The van der Waals surface area contributed by atoms with E-state index >= 15 is 0 Å². The van der Waals surface area contributed by atoms with Gasteiger partial charge in [-0.25, -0.2) is 13.2 Å². The Bertz CT molecular complexity index is 776. The van der Waals surface area contributed by atoms with Gasteiger partial charge in [-0.05, 0) is 31.9 Å². The van der Waals surface area contributed by atoms with Crippen LogP contribution in [-0.4, -0.2) is 67.4 Å². The Hall–Kier alpha value is -2.16. The molecule has 1 amide bonds. The second-order valence-electron chi connectivity index (χ2n) is 6.60. The number of amides is 1. The molecule has 0 aliphatic carbocycles. The van der Waals surface area contributed by atoms with E-state index in [0.717, 1.165) is 25.7 Å². The number of sulfonamides is 1.